The third-order valence-electron chi connectivity index (χ3n) is 3.10. The summed E-state index contributed by atoms with van der Waals surface area (Å²) in [6.45, 7) is 1.75. The monoisotopic (exact) mass is 322 g/mol. The third kappa shape index (κ3) is 3.59. The second kappa shape index (κ2) is 6.53. The van der Waals surface area contributed by atoms with Crippen molar-refractivity contribution >= 4 is 23.2 Å². The molecule has 5 nitrogen and oxygen atoms in total. The molecule has 0 saturated carbocycles. The maximum atomic E-state index is 13.3. The Morgan fingerprint density at radius 2 is 2.05 bits per heavy atom. The Kier molecular flexibility index (Phi) is 4.72. The number of halogens is 2. The highest BCUT2D eigenvalue weighted by molar-refractivity contribution is 6.30. The van der Waals surface area contributed by atoms with Crippen molar-refractivity contribution in [3.05, 3.63) is 74.5 Å². The predicted octanol–water partition coefficient (Wildman–Crippen LogP) is 3.88. The first-order valence-corrected chi connectivity index (χ1v) is 6.76. The van der Waals surface area contributed by atoms with Crippen LogP contribution in [-0.4, -0.2) is 10.8 Å². The van der Waals surface area contributed by atoms with Crippen LogP contribution in [0.25, 0.3) is 0 Å². The fourth-order valence-corrected chi connectivity index (χ4v) is 2.13. The lowest BCUT2D eigenvalue weighted by molar-refractivity contribution is -0.387. The SMILES string of the molecule is C[C@@H](NC(=O)c1ccc(F)c([N+](=O)[O-])c1)c1cccc(Cl)c1. The molecule has 0 aliphatic carbocycles. The Morgan fingerprint density at radius 3 is 2.68 bits per heavy atom. The Bertz CT molecular complexity index is 736. The molecule has 2 aromatic rings. The lowest BCUT2D eigenvalue weighted by Crippen LogP contribution is -2.26. The molecule has 22 heavy (non-hydrogen) atoms. The number of hydrogen-bond acceptors (Lipinski definition) is 3. The highest BCUT2D eigenvalue weighted by Gasteiger charge is 2.18. The molecule has 1 amide bonds. The number of rotatable bonds is 4. The molecular weight excluding hydrogens is 311 g/mol. The van der Waals surface area contributed by atoms with Gasteiger partial charge in [-0.2, -0.15) is 4.39 Å². The van der Waals surface area contributed by atoms with E-state index in [9.17, 15) is 19.3 Å². The molecular formula is C15H12ClFN2O3. The molecule has 1 atom stereocenters. The zero-order valence-corrected chi connectivity index (χ0v) is 12.3. The topological polar surface area (TPSA) is 72.2 Å². The summed E-state index contributed by atoms with van der Waals surface area (Å²) in [5.74, 6) is -1.51. The molecule has 0 fully saturated rings. The smallest absolute Gasteiger partial charge is 0.305 e. The van der Waals surface area contributed by atoms with Crippen LogP contribution in [0.3, 0.4) is 0 Å². The molecule has 0 spiro atoms. The van der Waals surface area contributed by atoms with Gasteiger partial charge in [0, 0.05) is 16.7 Å². The minimum atomic E-state index is -0.982. The lowest BCUT2D eigenvalue weighted by atomic mass is 10.1. The number of amides is 1. The highest BCUT2D eigenvalue weighted by atomic mass is 35.5. The van der Waals surface area contributed by atoms with Crippen LogP contribution < -0.4 is 5.32 Å². The van der Waals surface area contributed by atoms with E-state index in [1.165, 1.54) is 6.07 Å². The molecule has 1 N–H and O–H groups in total. The van der Waals surface area contributed by atoms with Crippen molar-refractivity contribution in [3.8, 4) is 0 Å². The van der Waals surface area contributed by atoms with E-state index < -0.39 is 22.3 Å². The Balaban J connectivity index is 2.19. The van der Waals surface area contributed by atoms with Crippen LogP contribution in [0.1, 0.15) is 28.9 Å². The molecule has 0 aliphatic rings. The zero-order chi connectivity index (χ0) is 16.3. The van der Waals surface area contributed by atoms with Crippen molar-refractivity contribution in [2.45, 2.75) is 13.0 Å². The van der Waals surface area contributed by atoms with Gasteiger partial charge < -0.3 is 5.32 Å². The van der Waals surface area contributed by atoms with Crippen LogP contribution in [0.15, 0.2) is 42.5 Å². The van der Waals surface area contributed by atoms with E-state index in [4.69, 9.17) is 11.6 Å². The first-order valence-electron chi connectivity index (χ1n) is 6.38. The largest absolute Gasteiger partial charge is 0.346 e. The van der Waals surface area contributed by atoms with Crippen molar-refractivity contribution < 1.29 is 14.1 Å². The second-order valence-electron chi connectivity index (χ2n) is 4.67. The number of nitrogens with one attached hydrogen (secondary N) is 1. The first kappa shape index (κ1) is 15.9. The minimum absolute atomic E-state index is 0.0157. The zero-order valence-electron chi connectivity index (χ0n) is 11.5. The van der Waals surface area contributed by atoms with Gasteiger partial charge in [-0.15, -0.1) is 0 Å². The van der Waals surface area contributed by atoms with Crippen molar-refractivity contribution in [3.63, 3.8) is 0 Å². The molecule has 0 bridgehead atoms. The number of nitrogens with zero attached hydrogens (tertiary/aromatic N) is 1. The molecule has 0 aliphatic heterocycles. The molecule has 7 heteroatoms. The van der Waals surface area contributed by atoms with Crippen LogP contribution in [0.4, 0.5) is 10.1 Å². The van der Waals surface area contributed by atoms with Gasteiger partial charge in [-0.1, -0.05) is 23.7 Å². The number of hydrogen-bond donors (Lipinski definition) is 1. The molecule has 0 radical (unpaired) electrons. The summed E-state index contributed by atoms with van der Waals surface area (Å²) in [4.78, 5) is 21.9. The van der Waals surface area contributed by atoms with Crippen LogP contribution in [0.2, 0.25) is 5.02 Å². The summed E-state index contributed by atoms with van der Waals surface area (Å²) in [6, 6.07) is 9.62. The maximum Gasteiger partial charge on any atom is 0.305 e. The molecule has 0 heterocycles. The maximum absolute atomic E-state index is 13.3. The van der Waals surface area contributed by atoms with Crippen LogP contribution in [0.5, 0.6) is 0 Å². The number of benzene rings is 2. The molecule has 2 rings (SSSR count). The van der Waals surface area contributed by atoms with E-state index in [0.29, 0.717) is 5.02 Å². The van der Waals surface area contributed by atoms with E-state index in [0.717, 1.165) is 17.7 Å². The van der Waals surface area contributed by atoms with Gasteiger partial charge in [0.15, 0.2) is 0 Å². The molecule has 0 unspecified atom stereocenters. The van der Waals surface area contributed by atoms with Gasteiger partial charge in [-0.05, 0) is 36.8 Å². The van der Waals surface area contributed by atoms with Crippen molar-refractivity contribution in [2.75, 3.05) is 0 Å². The van der Waals surface area contributed by atoms with Crippen LogP contribution in [0, 0.1) is 15.9 Å². The Hall–Kier alpha value is -2.47. The van der Waals surface area contributed by atoms with Gasteiger partial charge >= 0.3 is 5.69 Å². The fraction of sp³-hybridized carbons (Fsp3) is 0.133. The molecule has 0 aromatic heterocycles. The quantitative estimate of drug-likeness (QED) is 0.686. The lowest BCUT2D eigenvalue weighted by Gasteiger charge is -2.14. The number of nitro benzene ring substituents is 1. The Labute approximate surface area is 130 Å². The van der Waals surface area contributed by atoms with E-state index >= 15 is 0 Å². The Morgan fingerprint density at radius 1 is 1.32 bits per heavy atom. The average Bonchev–Trinajstić information content (AvgIpc) is 2.47. The second-order valence-corrected chi connectivity index (χ2v) is 5.11. The molecule has 0 saturated heterocycles. The molecule has 114 valence electrons. The van der Waals surface area contributed by atoms with E-state index in [1.54, 1.807) is 31.2 Å². The van der Waals surface area contributed by atoms with Gasteiger partial charge in [0.2, 0.25) is 5.82 Å². The highest BCUT2D eigenvalue weighted by Crippen LogP contribution is 2.20. The summed E-state index contributed by atoms with van der Waals surface area (Å²) in [5.41, 5.74) is 0.0718. The van der Waals surface area contributed by atoms with E-state index in [2.05, 4.69) is 5.32 Å². The normalized spacial score (nSPS) is 11.8. The van der Waals surface area contributed by atoms with Gasteiger partial charge in [0.05, 0.1) is 11.0 Å². The van der Waals surface area contributed by atoms with E-state index in [1.807, 2.05) is 0 Å². The van der Waals surface area contributed by atoms with Crippen molar-refractivity contribution in [2.24, 2.45) is 0 Å². The summed E-state index contributed by atoms with van der Waals surface area (Å²) >= 11 is 5.89. The number of nitro groups is 1. The van der Waals surface area contributed by atoms with Gasteiger partial charge in [0.1, 0.15) is 0 Å². The van der Waals surface area contributed by atoms with Crippen LogP contribution in [-0.2, 0) is 0 Å². The summed E-state index contributed by atoms with van der Waals surface area (Å²) in [7, 11) is 0. The van der Waals surface area contributed by atoms with Crippen LogP contribution >= 0.6 is 11.6 Å². The molecule has 2 aromatic carbocycles. The first-order chi connectivity index (χ1) is 10.4. The van der Waals surface area contributed by atoms with Gasteiger partial charge in [-0.25, -0.2) is 0 Å². The number of carbonyl (C=O) groups is 1. The standard InChI is InChI=1S/C15H12ClFN2O3/c1-9(10-3-2-4-12(16)7-10)18-15(20)11-5-6-13(17)14(8-11)19(21)22/h2-9H,1H3,(H,18,20)/t9-/m1/s1. The number of carbonyl (C=O) groups excluding carboxylic acids is 1. The fourth-order valence-electron chi connectivity index (χ4n) is 1.93. The summed E-state index contributed by atoms with van der Waals surface area (Å²) in [5, 5.41) is 13.9. The van der Waals surface area contributed by atoms with Gasteiger partial charge in [0.25, 0.3) is 5.91 Å². The summed E-state index contributed by atoms with van der Waals surface area (Å²) < 4.78 is 13.3. The van der Waals surface area contributed by atoms with Gasteiger partial charge in [-0.3, -0.25) is 14.9 Å². The van der Waals surface area contributed by atoms with Crippen molar-refractivity contribution in [1.29, 1.82) is 0 Å². The minimum Gasteiger partial charge on any atom is -0.346 e. The predicted molar refractivity (Wildman–Crippen MR) is 80.4 cm³/mol. The van der Waals surface area contributed by atoms with Crippen molar-refractivity contribution in [1.82, 2.24) is 5.32 Å². The average molecular weight is 323 g/mol. The summed E-state index contributed by atoms with van der Waals surface area (Å²) in [6.07, 6.45) is 0. The van der Waals surface area contributed by atoms with E-state index in [-0.39, 0.29) is 11.6 Å². The third-order valence-corrected chi connectivity index (χ3v) is 3.34.